The van der Waals surface area contributed by atoms with Crippen LogP contribution in [0.4, 0.5) is 0 Å². The Balaban J connectivity index is 1.28. The van der Waals surface area contributed by atoms with E-state index in [-0.39, 0.29) is 0 Å². The molecule has 0 N–H and O–H groups in total. The highest BCUT2D eigenvalue weighted by Crippen LogP contribution is 2.30. The van der Waals surface area contributed by atoms with Gasteiger partial charge in [-0.2, -0.15) is 0 Å². The van der Waals surface area contributed by atoms with Gasteiger partial charge in [-0.3, -0.25) is 4.90 Å². The summed E-state index contributed by atoms with van der Waals surface area (Å²) in [5.74, 6) is 3.86. The average molecular weight is 376 g/mol. The van der Waals surface area contributed by atoms with Crippen molar-refractivity contribution < 1.29 is 4.74 Å². The van der Waals surface area contributed by atoms with Crippen molar-refractivity contribution in [2.75, 3.05) is 45.9 Å². The molecule has 0 spiro atoms. The molecule has 0 amide bonds. The Labute approximate surface area is 164 Å². The van der Waals surface area contributed by atoms with Gasteiger partial charge in [0.15, 0.2) is 0 Å². The van der Waals surface area contributed by atoms with Gasteiger partial charge in [0.1, 0.15) is 11.6 Å². The van der Waals surface area contributed by atoms with Gasteiger partial charge in [-0.15, -0.1) is 10.2 Å². The van der Waals surface area contributed by atoms with Crippen LogP contribution in [-0.2, 0) is 18.3 Å². The maximum Gasteiger partial charge on any atom is 0.146 e. The molecule has 1 aromatic heterocycles. The molecule has 0 unspecified atom stereocenters. The van der Waals surface area contributed by atoms with Gasteiger partial charge in [0.2, 0.25) is 0 Å². The Bertz CT molecular complexity index is 577. The van der Waals surface area contributed by atoms with Gasteiger partial charge in [0.05, 0.1) is 19.8 Å². The normalized spacial score (nSPS) is 26.0. The van der Waals surface area contributed by atoms with E-state index >= 15 is 0 Å². The molecule has 2 aliphatic heterocycles. The fourth-order valence-electron chi connectivity index (χ4n) is 5.20. The Morgan fingerprint density at radius 3 is 2.59 bits per heavy atom. The van der Waals surface area contributed by atoms with Crippen LogP contribution in [0, 0.1) is 5.92 Å². The summed E-state index contributed by atoms with van der Waals surface area (Å²) in [7, 11) is 2.16. The Morgan fingerprint density at radius 2 is 1.78 bits per heavy atom. The topological polar surface area (TPSA) is 46.4 Å². The maximum absolute atomic E-state index is 5.45. The molecular weight excluding hydrogens is 338 g/mol. The van der Waals surface area contributed by atoms with Gasteiger partial charge in [-0.1, -0.05) is 25.7 Å². The summed E-state index contributed by atoms with van der Waals surface area (Å²) in [5, 5.41) is 9.15. The Hall–Kier alpha value is -0.980. The van der Waals surface area contributed by atoms with E-state index in [0.29, 0.717) is 5.92 Å². The molecule has 1 atom stereocenters. The molecule has 3 aliphatic rings. The number of rotatable bonds is 7. The van der Waals surface area contributed by atoms with Gasteiger partial charge >= 0.3 is 0 Å². The highest BCUT2D eigenvalue weighted by Gasteiger charge is 2.26. The lowest BCUT2D eigenvalue weighted by Gasteiger charge is -2.32. The third-order valence-electron chi connectivity index (χ3n) is 6.90. The zero-order valence-electron chi connectivity index (χ0n) is 17.1. The molecule has 1 aromatic rings. The SMILES string of the molecule is Cn1c(CN2CCOCC2)nnc1[C@H]1CCCN(CCCC2CCCC2)C1. The van der Waals surface area contributed by atoms with E-state index < -0.39 is 0 Å². The van der Waals surface area contributed by atoms with Gasteiger partial charge in [0, 0.05) is 32.6 Å². The molecule has 6 nitrogen and oxygen atoms in total. The molecule has 0 radical (unpaired) electrons. The first-order valence-corrected chi connectivity index (χ1v) is 11.2. The maximum atomic E-state index is 5.45. The molecule has 6 heteroatoms. The van der Waals surface area contributed by atoms with Crippen molar-refractivity contribution >= 4 is 0 Å². The predicted octanol–water partition coefficient (Wildman–Crippen LogP) is 2.80. The summed E-state index contributed by atoms with van der Waals surface area (Å²) in [6, 6.07) is 0. The van der Waals surface area contributed by atoms with E-state index in [1.807, 2.05) is 0 Å². The van der Waals surface area contributed by atoms with Gasteiger partial charge in [-0.05, 0) is 44.7 Å². The molecule has 1 saturated carbocycles. The highest BCUT2D eigenvalue weighted by molar-refractivity contribution is 5.04. The zero-order valence-corrected chi connectivity index (χ0v) is 17.1. The van der Waals surface area contributed by atoms with E-state index in [9.17, 15) is 0 Å². The van der Waals surface area contributed by atoms with Crippen molar-refractivity contribution in [2.45, 2.75) is 63.8 Å². The summed E-state index contributed by atoms with van der Waals surface area (Å²) < 4.78 is 7.72. The average Bonchev–Trinajstić information content (AvgIpc) is 3.34. The quantitative estimate of drug-likeness (QED) is 0.733. The van der Waals surface area contributed by atoms with Crippen LogP contribution in [0.1, 0.15) is 68.9 Å². The third-order valence-corrected chi connectivity index (χ3v) is 6.90. The summed E-state index contributed by atoms with van der Waals surface area (Å²) in [4.78, 5) is 5.10. The number of piperidine rings is 1. The fraction of sp³-hybridized carbons (Fsp3) is 0.905. The number of likely N-dealkylation sites (tertiary alicyclic amines) is 1. The van der Waals surface area contributed by atoms with E-state index in [1.54, 1.807) is 0 Å². The largest absolute Gasteiger partial charge is 0.379 e. The van der Waals surface area contributed by atoms with Gasteiger partial charge in [-0.25, -0.2) is 0 Å². The zero-order chi connectivity index (χ0) is 18.5. The smallest absolute Gasteiger partial charge is 0.146 e. The van der Waals surface area contributed by atoms with Crippen molar-refractivity contribution in [2.24, 2.45) is 13.0 Å². The minimum atomic E-state index is 0.543. The summed E-state index contributed by atoms with van der Waals surface area (Å²) >= 11 is 0. The van der Waals surface area contributed by atoms with Crippen molar-refractivity contribution in [1.82, 2.24) is 24.6 Å². The molecule has 152 valence electrons. The molecule has 4 rings (SSSR count). The second-order valence-electron chi connectivity index (χ2n) is 8.85. The molecular formula is C21H37N5O. The van der Waals surface area contributed by atoms with Crippen LogP contribution in [0.25, 0.3) is 0 Å². The number of ether oxygens (including phenoxy) is 1. The third kappa shape index (κ3) is 5.09. The van der Waals surface area contributed by atoms with Crippen LogP contribution >= 0.6 is 0 Å². The number of hydrogen-bond donors (Lipinski definition) is 0. The fourth-order valence-corrected chi connectivity index (χ4v) is 5.20. The summed E-state index contributed by atoms with van der Waals surface area (Å²) in [6.07, 6.45) is 11.3. The number of nitrogens with zero attached hydrogens (tertiary/aromatic N) is 5. The molecule has 0 aromatic carbocycles. The minimum Gasteiger partial charge on any atom is -0.379 e. The molecule has 1 aliphatic carbocycles. The highest BCUT2D eigenvalue weighted by atomic mass is 16.5. The van der Waals surface area contributed by atoms with Crippen LogP contribution < -0.4 is 0 Å². The minimum absolute atomic E-state index is 0.543. The lowest BCUT2D eigenvalue weighted by molar-refractivity contribution is 0.0326. The Kier molecular flexibility index (Phi) is 6.79. The van der Waals surface area contributed by atoms with Crippen molar-refractivity contribution in [3.8, 4) is 0 Å². The van der Waals surface area contributed by atoms with Crippen molar-refractivity contribution in [3.05, 3.63) is 11.6 Å². The monoisotopic (exact) mass is 375 g/mol. The van der Waals surface area contributed by atoms with Gasteiger partial charge < -0.3 is 14.2 Å². The van der Waals surface area contributed by atoms with Crippen molar-refractivity contribution in [3.63, 3.8) is 0 Å². The van der Waals surface area contributed by atoms with Crippen LogP contribution in [0.2, 0.25) is 0 Å². The van der Waals surface area contributed by atoms with Crippen LogP contribution in [0.5, 0.6) is 0 Å². The van der Waals surface area contributed by atoms with E-state index in [1.165, 1.54) is 70.3 Å². The van der Waals surface area contributed by atoms with E-state index in [2.05, 4.69) is 31.6 Å². The van der Waals surface area contributed by atoms with Crippen LogP contribution in [-0.4, -0.2) is 70.5 Å². The summed E-state index contributed by atoms with van der Waals surface area (Å²) in [5.41, 5.74) is 0. The standard InChI is InChI=1S/C21H37N5O/c1-24-20(17-26-12-14-27-15-13-26)22-23-21(24)19-9-5-11-25(16-19)10-4-8-18-6-2-3-7-18/h18-19H,2-17H2,1H3/t19-/m0/s1. The first-order valence-electron chi connectivity index (χ1n) is 11.2. The second kappa shape index (κ2) is 9.48. The van der Waals surface area contributed by atoms with Gasteiger partial charge in [0.25, 0.3) is 0 Å². The number of morpholine rings is 1. The lowest BCUT2D eigenvalue weighted by Crippen LogP contribution is -2.37. The second-order valence-corrected chi connectivity index (χ2v) is 8.85. The Morgan fingerprint density at radius 1 is 0.963 bits per heavy atom. The predicted molar refractivity (Wildman–Crippen MR) is 107 cm³/mol. The molecule has 0 bridgehead atoms. The number of aromatic nitrogens is 3. The first kappa shape index (κ1) is 19.3. The van der Waals surface area contributed by atoms with Crippen molar-refractivity contribution in [1.29, 1.82) is 0 Å². The molecule has 3 heterocycles. The summed E-state index contributed by atoms with van der Waals surface area (Å²) in [6.45, 7) is 8.26. The first-order chi connectivity index (χ1) is 13.3. The van der Waals surface area contributed by atoms with Crippen LogP contribution in [0.15, 0.2) is 0 Å². The molecule has 27 heavy (non-hydrogen) atoms. The van der Waals surface area contributed by atoms with E-state index in [4.69, 9.17) is 4.74 Å². The number of hydrogen-bond acceptors (Lipinski definition) is 5. The molecule has 3 fully saturated rings. The van der Waals surface area contributed by atoms with Crippen LogP contribution in [0.3, 0.4) is 0 Å². The lowest BCUT2D eigenvalue weighted by atomic mass is 9.96. The van der Waals surface area contributed by atoms with E-state index in [0.717, 1.165) is 51.1 Å². The molecule has 2 saturated heterocycles.